The van der Waals surface area contributed by atoms with Gasteiger partial charge in [-0.1, -0.05) is 19.1 Å². The Bertz CT molecular complexity index is 760. The third-order valence-electron chi connectivity index (χ3n) is 4.04. The van der Waals surface area contributed by atoms with E-state index in [4.69, 9.17) is 0 Å². The van der Waals surface area contributed by atoms with Crippen LogP contribution in [0.5, 0.6) is 5.75 Å². The van der Waals surface area contributed by atoms with Gasteiger partial charge < -0.3 is 15.0 Å². The maximum absolute atomic E-state index is 12.3. The first-order valence-corrected chi connectivity index (χ1v) is 8.80. The average molecular weight is 395 g/mol. The highest BCUT2D eigenvalue weighted by Gasteiger charge is 2.30. The van der Waals surface area contributed by atoms with E-state index in [9.17, 15) is 18.0 Å². The van der Waals surface area contributed by atoms with Gasteiger partial charge in [0.25, 0.3) is 0 Å². The summed E-state index contributed by atoms with van der Waals surface area (Å²) < 4.78 is 40.3. The van der Waals surface area contributed by atoms with Crippen molar-refractivity contribution in [3.8, 4) is 5.75 Å². The van der Waals surface area contributed by atoms with E-state index in [1.807, 2.05) is 55.1 Å². The Morgan fingerprint density at radius 1 is 1.04 bits per heavy atom. The lowest BCUT2D eigenvalue weighted by Crippen LogP contribution is -2.32. The molecule has 0 radical (unpaired) electrons. The van der Waals surface area contributed by atoms with E-state index >= 15 is 0 Å². The first kappa shape index (κ1) is 21.6. The number of amides is 1. The van der Waals surface area contributed by atoms with Gasteiger partial charge >= 0.3 is 6.36 Å². The number of carbonyl (C=O) groups excluding carboxylic acids is 1. The number of hydrogen-bond acceptors (Lipinski definition) is 4. The SMILES string of the molecule is CCN(CC(=O)Nc1ccc(OC(F)(F)F)cc1)Cc1ccc(N(C)C)cc1. The molecular formula is C20H24F3N3O2. The molecule has 0 saturated heterocycles. The highest BCUT2D eigenvalue weighted by Crippen LogP contribution is 2.24. The number of alkyl halides is 3. The number of nitrogens with zero attached hydrogens (tertiary/aromatic N) is 2. The molecular weight excluding hydrogens is 371 g/mol. The second-order valence-electron chi connectivity index (χ2n) is 6.48. The minimum atomic E-state index is -4.74. The summed E-state index contributed by atoms with van der Waals surface area (Å²) in [7, 11) is 3.94. The third kappa shape index (κ3) is 7.11. The smallest absolute Gasteiger partial charge is 0.406 e. The predicted molar refractivity (Wildman–Crippen MR) is 103 cm³/mol. The van der Waals surface area contributed by atoms with Crippen LogP contribution in [-0.4, -0.2) is 44.4 Å². The average Bonchev–Trinajstić information content (AvgIpc) is 2.62. The normalized spacial score (nSPS) is 11.4. The van der Waals surface area contributed by atoms with E-state index in [0.29, 0.717) is 18.8 Å². The molecule has 152 valence electrons. The summed E-state index contributed by atoms with van der Waals surface area (Å²) in [6.45, 7) is 3.44. The van der Waals surface area contributed by atoms with Crippen LogP contribution < -0.4 is 15.0 Å². The van der Waals surface area contributed by atoms with Gasteiger partial charge in [-0.15, -0.1) is 13.2 Å². The lowest BCUT2D eigenvalue weighted by Gasteiger charge is -2.20. The molecule has 1 N–H and O–H groups in total. The maximum atomic E-state index is 12.3. The summed E-state index contributed by atoms with van der Waals surface area (Å²) in [5, 5.41) is 2.68. The molecule has 2 aromatic carbocycles. The van der Waals surface area contributed by atoms with Crippen LogP contribution in [0.3, 0.4) is 0 Å². The van der Waals surface area contributed by atoms with E-state index in [0.717, 1.165) is 23.4 Å². The van der Waals surface area contributed by atoms with Crippen LogP contribution >= 0.6 is 0 Å². The molecule has 2 aromatic rings. The zero-order valence-corrected chi connectivity index (χ0v) is 16.1. The van der Waals surface area contributed by atoms with Crippen molar-refractivity contribution in [2.24, 2.45) is 0 Å². The van der Waals surface area contributed by atoms with Gasteiger partial charge in [0, 0.05) is 32.0 Å². The Morgan fingerprint density at radius 2 is 1.64 bits per heavy atom. The fourth-order valence-electron chi connectivity index (χ4n) is 2.58. The van der Waals surface area contributed by atoms with Gasteiger partial charge in [-0.3, -0.25) is 9.69 Å². The van der Waals surface area contributed by atoms with Crippen molar-refractivity contribution in [3.63, 3.8) is 0 Å². The Kier molecular flexibility index (Phi) is 7.28. The third-order valence-corrected chi connectivity index (χ3v) is 4.04. The van der Waals surface area contributed by atoms with Crippen molar-refractivity contribution in [3.05, 3.63) is 54.1 Å². The minimum absolute atomic E-state index is 0.173. The molecule has 0 aliphatic carbocycles. The Hall–Kier alpha value is -2.74. The second-order valence-corrected chi connectivity index (χ2v) is 6.48. The number of benzene rings is 2. The van der Waals surface area contributed by atoms with Gasteiger partial charge in [-0.05, 0) is 48.5 Å². The molecule has 0 bridgehead atoms. The molecule has 0 spiro atoms. The molecule has 8 heteroatoms. The Labute approximate surface area is 162 Å². The van der Waals surface area contributed by atoms with Crippen molar-refractivity contribution < 1.29 is 22.7 Å². The summed E-state index contributed by atoms with van der Waals surface area (Å²) in [6.07, 6.45) is -4.74. The highest BCUT2D eigenvalue weighted by atomic mass is 19.4. The molecule has 0 aliphatic heterocycles. The predicted octanol–water partition coefficient (Wildman–Crippen LogP) is 4.11. The fraction of sp³-hybridized carbons (Fsp3) is 0.350. The molecule has 0 aromatic heterocycles. The number of nitrogens with one attached hydrogen (secondary N) is 1. The first-order chi connectivity index (χ1) is 13.2. The molecule has 0 heterocycles. The van der Waals surface area contributed by atoms with Crippen molar-refractivity contribution >= 4 is 17.3 Å². The standard InChI is InChI=1S/C20H24F3N3O2/c1-4-26(13-15-5-9-17(10-6-15)25(2)3)14-19(27)24-16-7-11-18(12-8-16)28-20(21,22)23/h5-12H,4,13-14H2,1-3H3,(H,24,27). The molecule has 0 saturated carbocycles. The van der Waals surface area contributed by atoms with Gasteiger partial charge in [0.2, 0.25) is 5.91 Å². The maximum Gasteiger partial charge on any atom is 0.573 e. The van der Waals surface area contributed by atoms with E-state index < -0.39 is 6.36 Å². The zero-order chi connectivity index (χ0) is 20.7. The van der Waals surface area contributed by atoms with E-state index in [-0.39, 0.29) is 18.2 Å². The highest BCUT2D eigenvalue weighted by molar-refractivity contribution is 5.92. The Morgan fingerprint density at radius 3 is 2.14 bits per heavy atom. The number of halogens is 3. The van der Waals surface area contributed by atoms with Gasteiger partial charge in [0.1, 0.15) is 5.75 Å². The lowest BCUT2D eigenvalue weighted by atomic mass is 10.2. The molecule has 0 unspecified atom stereocenters. The van der Waals surface area contributed by atoms with Crippen LogP contribution in [0.25, 0.3) is 0 Å². The van der Waals surface area contributed by atoms with Crippen LogP contribution in [0.2, 0.25) is 0 Å². The number of carbonyl (C=O) groups is 1. The number of likely N-dealkylation sites (N-methyl/N-ethyl adjacent to an activating group) is 1. The van der Waals surface area contributed by atoms with Crippen LogP contribution in [0.4, 0.5) is 24.5 Å². The van der Waals surface area contributed by atoms with Gasteiger partial charge in [-0.2, -0.15) is 0 Å². The van der Waals surface area contributed by atoms with Gasteiger partial charge in [-0.25, -0.2) is 0 Å². The largest absolute Gasteiger partial charge is 0.573 e. The van der Waals surface area contributed by atoms with Crippen molar-refractivity contribution in [2.45, 2.75) is 19.8 Å². The summed E-state index contributed by atoms with van der Waals surface area (Å²) in [5.41, 5.74) is 2.60. The Balaban J connectivity index is 1.89. The quantitative estimate of drug-likeness (QED) is 0.731. The van der Waals surface area contributed by atoms with Crippen molar-refractivity contribution in [1.82, 2.24) is 4.90 Å². The molecule has 1 amide bonds. The zero-order valence-electron chi connectivity index (χ0n) is 16.1. The molecule has 2 rings (SSSR count). The molecule has 5 nitrogen and oxygen atoms in total. The lowest BCUT2D eigenvalue weighted by molar-refractivity contribution is -0.274. The van der Waals surface area contributed by atoms with Crippen LogP contribution in [0.15, 0.2) is 48.5 Å². The van der Waals surface area contributed by atoms with E-state index in [2.05, 4.69) is 10.1 Å². The fourth-order valence-corrected chi connectivity index (χ4v) is 2.58. The number of rotatable bonds is 8. The van der Waals surface area contributed by atoms with E-state index in [1.165, 1.54) is 12.1 Å². The monoisotopic (exact) mass is 395 g/mol. The second kappa shape index (κ2) is 9.45. The summed E-state index contributed by atoms with van der Waals surface area (Å²) >= 11 is 0. The van der Waals surface area contributed by atoms with Gasteiger partial charge in [0.05, 0.1) is 6.54 Å². The molecule has 0 fully saturated rings. The number of hydrogen-bond donors (Lipinski definition) is 1. The van der Waals surface area contributed by atoms with Gasteiger partial charge in [0.15, 0.2) is 0 Å². The number of ether oxygens (including phenoxy) is 1. The van der Waals surface area contributed by atoms with Crippen LogP contribution in [-0.2, 0) is 11.3 Å². The van der Waals surface area contributed by atoms with E-state index in [1.54, 1.807) is 0 Å². The molecule has 28 heavy (non-hydrogen) atoms. The van der Waals surface area contributed by atoms with Crippen LogP contribution in [0, 0.1) is 0 Å². The summed E-state index contributed by atoms with van der Waals surface area (Å²) in [4.78, 5) is 16.2. The number of anilines is 2. The minimum Gasteiger partial charge on any atom is -0.406 e. The first-order valence-electron chi connectivity index (χ1n) is 8.80. The molecule has 0 atom stereocenters. The van der Waals surface area contributed by atoms with Crippen molar-refractivity contribution in [2.75, 3.05) is 37.4 Å². The van der Waals surface area contributed by atoms with Crippen molar-refractivity contribution in [1.29, 1.82) is 0 Å². The van der Waals surface area contributed by atoms with Crippen LogP contribution in [0.1, 0.15) is 12.5 Å². The summed E-state index contributed by atoms with van der Waals surface area (Å²) in [5.74, 6) is -0.571. The summed E-state index contributed by atoms with van der Waals surface area (Å²) in [6, 6.07) is 13.1. The molecule has 0 aliphatic rings. The topological polar surface area (TPSA) is 44.8 Å².